The Bertz CT molecular complexity index is 387. The van der Waals surface area contributed by atoms with Crippen molar-refractivity contribution in [2.75, 3.05) is 0 Å². The number of aliphatic hydroxyl groups is 1. The van der Waals surface area contributed by atoms with Crippen LogP contribution in [-0.4, -0.2) is 5.11 Å². The fourth-order valence-electron chi connectivity index (χ4n) is 1.49. The Morgan fingerprint density at radius 2 is 2.00 bits per heavy atom. The molecule has 0 heterocycles. The van der Waals surface area contributed by atoms with Gasteiger partial charge in [-0.1, -0.05) is 38.4 Å². The molecule has 16 heavy (non-hydrogen) atoms. The van der Waals surface area contributed by atoms with Crippen LogP contribution in [0.1, 0.15) is 38.9 Å². The molecule has 0 radical (unpaired) electrons. The Morgan fingerprint density at radius 3 is 2.50 bits per heavy atom. The van der Waals surface area contributed by atoms with E-state index in [1.807, 2.05) is 20.8 Å². The quantitative estimate of drug-likeness (QED) is 0.784. The summed E-state index contributed by atoms with van der Waals surface area (Å²) < 4.78 is 14.3. The average Bonchev–Trinajstić information content (AvgIpc) is 2.11. The van der Waals surface area contributed by atoms with Crippen LogP contribution in [0.5, 0.6) is 0 Å². The SMILES string of the molecule is CC(C)(C)CC(O)c1ccc(Br)c(Cl)c1F. The summed E-state index contributed by atoms with van der Waals surface area (Å²) in [5, 5.41) is 9.96. The van der Waals surface area contributed by atoms with Crippen molar-refractivity contribution in [2.24, 2.45) is 5.41 Å². The third-order valence-electron chi connectivity index (χ3n) is 2.23. The standard InChI is InChI=1S/C12H15BrClFO/c1-12(2,3)6-9(16)7-4-5-8(13)10(14)11(7)15/h4-5,9,16H,6H2,1-3H3. The van der Waals surface area contributed by atoms with Crippen LogP contribution in [0.3, 0.4) is 0 Å². The topological polar surface area (TPSA) is 20.2 Å². The molecular weight excluding hydrogens is 294 g/mol. The summed E-state index contributed by atoms with van der Waals surface area (Å²) in [4.78, 5) is 0. The highest BCUT2D eigenvalue weighted by Crippen LogP contribution is 2.35. The van der Waals surface area contributed by atoms with Gasteiger partial charge in [0, 0.05) is 10.0 Å². The molecule has 0 fully saturated rings. The van der Waals surface area contributed by atoms with Crippen molar-refractivity contribution < 1.29 is 9.50 Å². The number of hydrogen-bond donors (Lipinski definition) is 1. The first kappa shape index (κ1) is 13.9. The van der Waals surface area contributed by atoms with Gasteiger partial charge in [-0.2, -0.15) is 0 Å². The van der Waals surface area contributed by atoms with Crippen LogP contribution in [0.15, 0.2) is 16.6 Å². The lowest BCUT2D eigenvalue weighted by molar-refractivity contribution is 0.119. The molecule has 1 N–H and O–H groups in total. The van der Waals surface area contributed by atoms with Gasteiger partial charge in [-0.05, 0) is 33.8 Å². The van der Waals surface area contributed by atoms with Crippen LogP contribution in [0.25, 0.3) is 0 Å². The van der Waals surface area contributed by atoms with E-state index in [1.165, 1.54) is 0 Å². The van der Waals surface area contributed by atoms with Crippen molar-refractivity contribution >= 4 is 27.5 Å². The summed E-state index contributed by atoms with van der Waals surface area (Å²) in [5.74, 6) is -0.548. The lowest BCUT2D eigenvalue weighted by Crippen LogP contribution is -2.12. The summed E-state index contributed by atoms with van der Waals surface area (Å²) >= 11 is 8.90. The zero-order valence-corrected chi connectivity index (χ0v) is 11.9. The summed E-state index contributed by atoms with van der Waals surface area (Å²) in [6, 6.07) is 3.20. The average molecular weight is 310 g/mol. The van der Waals surface area contributed by atoms with Gasteiger partial charge in [0.1, 0.15) is 5.82 Å². The highest BCUT2D eigenvalue weighted by Gasteiger charge is 2.22. The van der Waals surface area contributed by atoms with Crippen molar-refractivity contribution in [1.82, 2.24) is 0 Å². The Labute approximate surface area is 109 Å². The smallest absolute Gasteiger partial charge is 0.148 e. The Balaban J connectivity index is 3.01. The third-order valence-corrected chi connectivity index (χ3v) is 3.49. The van der Waals surface area contributed by atoms with Crippen LogP contribution in [-0.2, 0) is 0 Å². The number of halogens is 3. The van der Waals surface area contributed by atoms with Gasteiger partial charge in [0.15, 0.2) is 0 Å². The number of aliphatic hydroxyl groups excluding tert-OH is 1. The molecule has 0 spiro atoms. The molecule has 0 aliphatic heterocycles. The van der Waals surface area contributed by atoms with Gasteiger partial charge in [0.25, 0.3) is 0 Å². The zero-order valence-electron chi connectivity index (χ0n) is 9.52. The molecule has 1 aromatic carbocycles. The molecule has 4 heteroatoms. The van der Waals surface area contributed by atoms with Gasteiger partial charge < -0.3 is 5.11 Å². The van der Waals surface area contributed by atoms with Crippen molar-refractivity contribution in [1.29, 1.82) is 0 Å². The van der Waals surface area contributed by atoms with Crippen LogP contribution in [0, 0.1) is 11.2 Å². The summed E-state index contributed by atoms with van der Waals surface area (Å²) in [6.07, 6.45) is -0.340. The van der Waals surface area contributed by atoms with Crippen LogP contribution < -0.4 is 0 Å². The second-order valence-electron chi connectivity index (χ2n) is 5.05. The maximum atomic E-state index is 13.8. The predicted octanol–water partition coefficient (Wildman–Crippen LogP) is 4.71. The van der Waals surface area contributed by atoms with Gasteiger partial charge in [-0.25, -0.2) is 4.39 Å². The minimum Gasteiger partial charge on any atom is -0.388 e. The summed E-state index contributed by atoms with van der Waals surface area (Å²) in [5.41, 5.74) is 0.189. The minimum absolute atomic E-state index is 0.0189. The van der Waals surface area contributed by atoms with E-state index < -0.39 is 11.9 Å². The maximum Gasteiger partial charge on any atom is 0.148 e. The van der Waals surface area contributed by atoms with Crippen molar-refractivity contribution in [2.45, 2.75) is 33.3 Å². The highest BCUT2D eigenvalue weighted by molar-refractivity contribution is 9.10. The minimum atomic E-state index is -0.828. The van der Waals surface area contributed by atoms with Gasteiger partial charge >= 0.3 is 0 Å². The van der Waals surface area contributed by atoms with Crippen LogP contribution in [0.4, 0.5) is 4.39 Å². The Morgan fingerprint density at radius 1 is 1.44 bits per heavy atom. The molecule has 0 aliphatic rings. The van der Waals surface area contributed by atoms with E-state index in [9.17, 15) is 9.50 Å². The van der Waals surface area contributed by atoms with Crippen LogP contribution in [0.2, 0.25) is 5.02 Å². The Hall–Kier alpha value is -0.120. The number of rotatable bonds is 2. The first-order valence-corrected chi connectivity index (χ1v) is 6.21. The molecular formula is C12H15BrClFO. The molecule has 0 amide bonds. The molecule has 0 bridgehead atoms. The van der Waals surface area contributed by atoms with E-state index in [-0.39, 0.29) is 16.0 Å². The second-order valence-corrected chi connectivity index (χ2v) is 6.28. The fourth-order valence-corrected chi connectivity index (χ4v) is 1.97. The molecule has 90 valence electrons. The molecule has 1 rings (SSSR count). The lowest BCUT2D eigenvalue weighted by Gasteiger charge is -2.23. The highest BCUT2D eigenvalue weighted by atomic mass is 79.9. The van der Waals surface area contributed by atoms with Gasteiger partial charge in [-0.3, -0.25) is 0 Å². The third kappa shape index (κ3) is 3.44. The molecule has 0 saturated carbocycles. The van der Waals surface area contributed by atoms with Crippen molar-refractivity contribution in [3.8, 4) is 0 Å². The summed E-state index contributed by atoms with van der Waals surface area (Å²) in [7, 11) is 0. The Kier molecular flexibility index (Phi) is 4.38. The first-order chi connectivity index (χ1) is 7.22. The molecule has 0 aromatic heterocycles. The summed E-state index contributed by atoms with van der Waals surface area (Å²) in [6.45, 7) is 5.98. The number of benzene rings is 1. The molecule has 0 saturated heterocycles. The molecule has 1 aromatic rings. The largest absolute Gasteiger partial charge is 0.388 e. The lowest BCUT2D eigenvalue weighted by atomic mass is 9.87. The monoisotopic (exact) mass is 308 g/mol. The van der Waals surface area contributed by atoms with Gasteiger partial charge in [0.05, 0.1) is 11.1 Å². The second kappa shape index (κ2) is 5.03. The van der Waals surface area contributed by atoms with E-state index in [1.54, 1.807) is 12.1 Å². The maximum absolute atomic E-state index is 13.8. The predicted molar refractivity (Wildman–Crippen MR) is 68.1 cm³/mol. The van der Waals surface area contributed by atoms with Crippen LogP contribution >= 0.6 is 27.5 Å². The van der Waals surface area contributed by atoms with Crippen molar-refractivity contribution in [3.63, 3.8) is 0 Å². The first-order valence-electron chi connectivity index (χ1n) is 5.04. The molecule has 0 aliphatic carbocycles. The van der Waals surface area contributed by atoms with E-state index >= 15 is 0 Å². The van der Waals surface area contributed by atoms with E-state index in [4.69, 9.17) is 11.6 Å². The van der Waals surface area contributed by atoms with Crippen molar-refractivity contribution in [3.05, 3.63) is 33.0 Å². The normalized spacial score (nSPS) is 13.9. The molecule has 1 atom stereocenters. The van der Waals surface area contributed by atoms with Gasteiger partial charge in [-0.15, -0.1) is 0 Å². The van der Waals surface area contributed by atoms with E-state index in [0.29, 0.717) is 10.9 Å². The van der Waals surface area contributed by atoms with Gasteiger partial charge in [0.2, 0.25) is 0 Å². The molecule has 1 nitrogen and oxygen atoms in total. The zero-order chi connectivity index (χ0) is 12.5. The number of hydrogen-bond acceptors (Lipinski definition) is 1. The van der Waals surface area contributed by atoms with E-state index in [2.05, 4.69) is 15.9 Å². The van der Waals surface area contributed by atoms with E-state index in [0.717, 1.165) is 0 Å². The fraction of sp³-hybridized carbons (Fsp3) is 0.500. The molecule has 1 unspecified atom stereocenters.